The standard InChI is InChI=1S/2C15H17FN4O/c2*1-19(2)15(21)12(16)7-10-8-20(3)13-5-4-9(14(17)18)6-11(10)13/h2*4-8H,1-3H3,(H3,17,18)/b12-7+;12-7-. The first-order valence-electron chi connectivity index (χ1n) is 12.7. The quantitative estimate of drug-likeness (QED) is 0.157. The van der Waals surface area contributed by atoms with E-state index in [1.165, 1.54) is 50.1 Å². The number of nitrogens with two attached hydrogens (primary N) is 2. The number of halogens is 2. The van der Waals surface area contributed by atoms with Crippen molar-refractivity contribution in [3.8, 4) is 0 Å². The number of carbonyl (C=O) groups is 2. The van der Waals surface area contributed by atoms with E-state index in [0.29, 0.717) is 22.3 Å². The Bertz CT molecular complexity index is 1650. The van der Waals surface area contributed by atoms with Crippen molar-refractivity contribution < 1.29 is 18.4 Å². The normalized spacial score (nSPS) is 11.7. The zero-order valence-electron chi connectivity index (χ0n) is 24.3. The predicted octanol–water partition coefficient (Wildman–Crippen LogP) is 3.72. The third-order valence-corrected chi connectivity index (χ3v) is 6.45. The van der Waals surface area contributed by atoms with Crippen LogP contribution in [0.2, 0.25) is 0 Å². The van der Waals surface area contributed by atoms with Crippen molar-refractivity contribution in [3.63, 3.8) is 0 Å². The number of amides is 2. The first-order valence-corrected chi connectivity index (χ1v) is 12.7. The maximum absolute atomic E-state index is 13.9. The molecule has 0 saturated carbocycles. The van der Waals surface area contributed by atoms with E-state index in [-0.39, 0.29) is 11.7 Å². The molecule has 0 aliphatic heterocycles. The molecule has 2 aromatic heterocycles. The summed E-state index contributed by atoms with van der Waals surface area (Å²) in [5, 5.41) is 16.4. The van der Waals surface area contributed by atoms with Gasteiger partial charge in [0, 0.05) is 98.7 Å². The number of nitrogens with one attached hydrogen (secondary N) is 2. The van der Waals surface area contributed by atoms with Crippen molar-refractivity contribution in [1.82, 2.24) is 18.9 Å². The molecular weight excluding hydrogens is 542 g/mol. The highest BCUT2D eigenvalue weighted by molar-refractivity contribution is 6.04. The second-order valence-electron chi connectivity index (χ2n) is 10.1. The lowest BCUT2D eigenvalue weighted by Crippen LogP contribution is -2.21. The van der Waals surface area contributed by atoms with Crippen LogP contribution < -0.4 is 11.5 Å². The number of nitrogen functional groups attached to an aromatic ring is 2. The van der Waals surface area contributed by atoms with E-state index in [9.17, 15) is 18.4 Å². The van der Waals surface area contributed by atoms with Crippen molar-refractivity contribution in [1.29, 1.82) is 10.8 Å². The van der Waals surface area contributed by atoms with Gasteiger partial charge >= 0.3 is 0 Å². The first kappa shape index (κ1) is 31.3. The van der Waals surface area contributed by atoms with Gasteiger partial charge in [-0.1, -0.05) is 0 Å². The minimum Gasteiger partial charge on any atom is -0.384 e. The van der Waals surface area contributed by atoms with E-state index in [1.807, 2.05) is 35.4 Å². The van der Waals surface area contributed by atoms with Gasteiger partial charge in [-0.05, 0) is 48.6 Å². The molecule has 2 heterocycles. The molecule has 0 radical (unpaired) electrons. The summed E-state index contributed by atoms with van der Waals surface area (Å²) in [5.74, 6) is -3.15. The number of benzene rings is 2. The Kier molecular flexibility index (Phi) is 9.31. The van der Waals surface area contributed by atoms with E-state index < -0.39 is 23.5 Å². The van der Waals surface area contributed by atoms with E-state index in [1.54, 1.807) is 36.7 Å². The monoisotopic (exact) mass is 576 g/mol. The topological polar surface area (TPSA) is 150 Å². The molecule has 0 aliphatic carbocycles. The molecule has 4 aromatic rings. The minimum absolute atomic E-state index is 0.0551. The summed E-state index contributed by atoms with van der Waals surface area (Å²) in [7, 11) is 9.64. The Hall–Kier alpha value is -5.26. The molecule has 12 heteroatoms. The average Bonchev–Trinajstić information content (AvgIpc) is 3.42. The second kappa shape index (κ2) is 12.5. The van der Waals surface area contributed by atoms with Crippen LogP contribution in [-0.4, -0.2) is 70.6 Å². The molecule has 0 unspecified atom stereocenters. The third kappa shape index (κ3) is 6.72. The lowest BCUT2D eigenvalue weighted by Gasteiger charge is -2.07. The zero-order chi connectivity index (χ0) is 31.5. The molecule has 4 rings (SSSR count). The van der Waals surface area contributed by atoms with Crippen LogP contribution in [0.3, 0.4) is 0 Å². The van der Waals surface area contributed by atoms with Gasteiger partial charge in [0.1, 0.15) is 11.7 Å². The summed E-state index contributed by atoms with van der Waals surface area (Å²) in [6, 6.07) is 10.5. The van der Waals surface area contributed by atoms with Gasteiger partial charge in [0.15, 0.2) is 11.7 Å². The zero-order valence-corrected chi connectivity index (χ0v) is 24.3. The van der Waals surface area contributed by atoms with Crippen LogP contribution >= 0.6 is 0 Å². The van der Waals surface area contributed by atoms with Gasteiger partial charge in [0.05, 0.1) is 0 Å². The van der Waals surface area contributed by atoms with Crippen LogP contribution in [0.15, 0.2) is 60.4 Å². The van der Waals surface area contributed by atoms with E-state index >= 15 is 0 Å². The van der Waals surface area contributed by atoms with E-state index in [0.717, 1.165) is 21.8 Å². The fourth-order valence-corrected chi connectivity index (χ4v) is 4.23. The van der Waals surface area contributed by atoms with Crippen molar-refractivity contribution >= 4 is 57.4 Å². The Morgan fingerprint density at radius 1 is 0.714 bits per heavy atom. The van der Waals surface area contributed by atoms with Gasteiger partial charge in [-0.2, -0.15) is 0 Å². The van der Waals surface area contributed by atoms with Gasteiger partial charge in [-0.25, -0.2) is 8.78 Å². The molecule has 0 atom stereocenters. The van der Waals surface area contributed by atoms with Crippen LogP contribution in [0.1, 0.15) is 22.3 Å². The van der Waals surface area contributed by atoms with Crippen molar-refractivity contribution in [2.75, 3.05) is 28.2 Å². The molecule has 0 bridgehead atoms. The van der Waals surface area contributed by atoms with Crippen molar-refractivity contribution in [2.24, 2.45) is 25.6 Å². The molecule has 2 aromatic carbocycles. The fourth-order valence-electron chi connectivity index (χ4n) is 4.23. The third-order valence-electron chi connectivity index (χ3n) is 6.45. The van der Waals surface area contributed by atoms with Gasteiger partial charge in [-0.3, -0.25) is 20.4 Å². The Labute approximate surface area is 242 Å². The van der Waals surface area contributed by atoms with Crippen LogP contribution in [0.4, 0.5) is 8.78 Å². The van der Waals surface area contributed by atoms with Crippen molar-refractivity contribution in [3.05, 3.63) is 82.7 Å². The maximum Gasteiger partial charge on any atom is 0.282 e. The highest BCUT2D eigenvalue weighted by atomic mass is 19.1. The minimum atomic E-state index is -0.833. The summed E-state index contributed by atoms with van der Waals surface area (Å²) >= 11 is 0. The molecule has 0 aliphatic rings. The number of hydrogen-bond donors (Lipinski definition) is 4. The Morgan fingerprint density at radius 2 is 1.05 bits per heavy atom. The predicted molar refractivity (Wildman–Crippen MR) is 163 cm³/mol. The molecule has 220 valence electrons. The number of nitrogens with zero attached hydrogens (tertiary/aromatic N) is 4. The van der Waals surface area contributed by atoms with Gasteiger partial charge < -0.3 is 30.4 Å². The Balaban J connectivity index is 0.000000230. The number of likely N-dealkylation sites (N-methyl/N-ethyl adjacent to an activating group) is 2. The summed E-state index contributed by atoms with van der Waals surface area (Å²) < 4.78 is 31.5. The largest absolute Gasteiger partial charge is 0.384 e. The second-order valence-corrected chi connectivity index (χ2v) is 10.1. The smallest absolute Gasteiger partial charge is 0.282 e. The highest BCUT2D eigenvalue weighted by Crippen LogP contribution is 2.26. The molecular formula is C30H34F2N8O2. The van der Waals surface area contributed by atoms with Crippen LogP contribution in [0.5, 0.6) is 0 Å². The fraction of sp³-hybridized carbons (Fsp3) is 0.200. The van der Waals surface area contributed by atoms with E-state index in [2.05, 4.69) is 0 Å². The summed E-state index contributed by atoms with van der Waals surface area (Å²) in [5.41, 5.74) is 15.0. The number of aromatic nitrogens is 2. The molecule has 0 saturated heterocycles. The summed E-state index contributed by atoms with van der Waals surface area (Å²) in [4.78, 5) is 25.5. The number of rotatable bonds is 6. The summed E-state index contributed by atoms with van der Waals surface area (Å²) in [6.07, 6.45) is 5.87. The van der Waals surface area contributed by atoms with Gasteiger partial charge in [0.2, 0.25) is 0 Å². The maximum atomic E-state index is 13.9. The van der Waals surface area contributed by atoms with Crippen LogP contribution in [0, 0.1) is 10.8 Å². The lowest BCUT2D eigenvalue weighted by molar-refractivity contribution is -0.126. The van der Waals surface area contributed by atoms with Crippen molar-refractivity contribution in [2.45, 2.75) is 0 Å². The number of fused-ring (bicyclic) bond motifs is 2. The number of aryl methyl sites for hydroxylation is 2. The summed E-state index contributed by atoms with van der Waals surface area (Å²) in [6.45, 7) is 0. The molecule has 2 amide bonds. The number of carbonyl (C=O) groups excluding carboxylic acids is 2. The van der Waals surface area contributed by atoms with Crippen LogP contribution in [-0.2, 0) is 23.7 Å². The molecule has 6 N–H and O–H groups in total. The molecule has 0 fully saturated rings. The first-order chi connectivity index (χ1) is 19.6. The number of hydrogen-bond acceptors (Lipinski definition) is 4. The van der Waals surface area contributed by atoms with E-state index in [4.69, 9.17) is 22.3 Å². The Morgan fingerprint density at radius 3 is 1.33 bits per heavy atom. The van der Waals surface area contributed by atoms with Crippen LogP contribution in [0.25, 0.3) is 34.0 Å². The number of amidine groups is 2. The molecule has 10 nitrogen and oxygen atoms in total. The molecule has 42 heavy (non-hydrogen) atoms. The highest BCUT2D eigenvalue weighted by Gasteiger charge is 2.15. The SMILES string of the molecule is CN(C)C(=O)/C(F)=C/c1cn(C)c2ccc(C(=N)N)cc12.CN(C)C(=O)/C(F)=C\c1cn(C)c2ccc(C(=N)N)cc12. The van der Waals surface area contributed by atoms with Gasteiger partial charge in [-0.15, -0.1) is 0 Å². The lowest BCUT2D eigenvalue weighted by atomic mass is 10.1. The average molecular weight is 577 g/mol. The molecule has 0 spiro atoms. The van der Waals surface area contributed by atoms with Gasteiger partial charge in [0.25, 0.3) is 11.8 Å².